The maximum atomic E-state index is 13.1. The zero-order valence-corrected chi connectivity index (χ0v) is 15.3. The van der Waals surface area contributed by atoms with Gasteiger partial charge in [-0.3, -0.25) is 9.59 Å². The van der Waals surface area contributed by atoms with E-state index in [0.29, 0.717) is 23.9 Å². The highest BCUT2D eigenvalue weighted by Crippen LogP contribution is 2.32. The summed E-state index contributed by atoms with van der Waals surface area (Å²) in [5.41, 5.74) is 1.49. The summed E-state index contributed by atoms with van der Waals surface area (Å²) in [7, 11) is 0. The quantitative estimate of drug-likeness (QED) is 0.889. The molecule has 2 amide bonds. The third kappa shape index (κ3) is 4.17. The number of anilines is 1. The number of hydrogen-bond donors (Lipinski definition) is 1. The highest BCUT2D eigenvalue weighted by Gasteiger charge is 2.26. The van der Waals surface area contributed by atoms with Crippen LogP contribution in [-0.4, -0.2) is 25.0 Å². The summed E-state index contributed by atoms with van der Waals surface area (Å²) in [4.78, 5) is 26.4. The van der Waals surface area contributed by atoms with Gasteiger partial charge in [-0.2, -0.15) is 0 Å². The predicted octanol–water partition coefficient (Wildman–Crippen LogP) is 3.72. The van der Waals surface area contributed by atoms with Gasteiger partial charge in [0, 0.05) is 18.5 Å². The van der Waals surface area contributed by atoms with E-state index >= 15 is 0 Å². The van der Waals surface area contributed by atoms with E-state index in [1.165, 1.54) is 6.92 Å². The fourth-order valence-corrected chi connectivity index (χ4v) is 3.38. The third-order valence-electron chi connectivity index (χ3n) is 4.28. The molecule has 1 aliphatic heterocycles. The van der Waals surface area contributed by atoms with Gasteiger partial charge in [0.15, 0.2) is 0 Å². The number of para-hydroxylation sites is 2. The summed E-state index contributed by atoms with van der Waals surface area (Å²) in [6.45, 7) is 2.58. The molecule has 1 N–H and O–H groups in total. The number of halogens is 1. The van der Waals surface area contributed by atoms with Crippen molar-refractivity contribution in [1.82, 2.24) is 5.32 Å². The average molecular weight is 373 g/mol. The number of nitrogens with one attached hydrogen (secondary N) is 1. The Morgan fingerprint density at radius 2 is 1.92 bits per heavy atom. The molecule has 1 atom stereocenters. The second-order valence-electron chi connectivity index (χ2n) is 6.19. The van der Waals surface area contributed by atoms with Crippen molar-refractivity contribution in [2.24, 2.45) is 0 Å². The van der Waals surface area contributed by atoms with Crippen LogP contribution in [0.5, 0.6) is 5.75 Å². The van der Waals surface area contributed by atoms with E-state index in [2.05, 4.69) is 5.32 Å². The minimum Gasteiger partial charge on any atom is -0.491 e. The molecule has 136 valence electrons. The number of carbonyl (C=O) groups excluding carboxylic acids is 2. The fourth-order valence-electron chi connectivity index (χ4n) is 3.11. The molecule has 1 aliphatic rings. The Bertz CT molecular complexity index is 809. The first-order valence-electron chi connectivity index (χ1n) is 8.60. The smallest absolute Gasteiger partial charge is 0.229 e. The number of rotatable bonds is 4. The summed E-state index contributed by atoms with van der Waals surface area (Å²) in [6, 6.07) is 14.3. The Morgan fingerprint density at radius 3 is 2.69 bits per heavy atom. The number of carbonyl (C=O) groups is 2. The van der Waals surface area contributed by atoms with E-state index in [1.54, 1.807) is 11.0 Å². The van der Waals surface area contributed by atoms with Crippen molar-refractivity contribution < 1.29 is 14.3 Å². The molecular weight excluding hydrogens is 352 g/mol. The number of fused-ring (bicyclic) bond motifs is 1. The molecule has 0 unspecified atom stereocenters. The van der Waals surface area contributed by atoms with Crippen LogP contribution >= 0.6 is 11.6 Å². The Balaban J connectivity index is 1.86. The number of benzene rings is 2. The summed E-state index contributed by atoms with van der Waals surface area (Å²) in [5, 5.41) is 3.37. The molecule has 6 heteroatoms. The zero-order chi connectivity index (χ0) is 18.5. The monoisotopic (exact) mass is 372 g/mol. The summed E-state index contributed by atoms with van der Waals surface area (Å²) in [5.74, 6) is 0.413. The molecule has 0 spiro atoms. The maximum Gasteiger partial charge on any atom is 0.229 e. The van der Waals surface area contributed by atoms with Crippen LogP contribution in [0.2, 0.25) is 5.02 Å². The van der Waals surface area contributed by atoms with Crippen LogP contribution in [0, 0.1) is 0 Å². The van der Waals surface area contributed by atoms with Gasteiger partial charge in [-0.05, 0) is 30.2 Å². The van der Waals surface area contributed by atoms with Crippen LogP contribution in [0.1, 0.15) is 31.4 Å². The second kappa shape index (κ2) is 8.23. The molecule has 0 bridgehead atoms. The Kier molecular flexibility index (Phi) is 5.78. The van der Waals surface area contributed by atoms with Gasteiger partial charge in [0.2, 0.25) is 11.8 Å². The number of amides is 2. The molecule has 1 heterocycles. The van der Waals surface area contributed by atoms with E-state index < -0.39 is 6.04 Å². The van der Waals surface area contributed by atoms with Gasteiger partial charge in [-0.25, -0.2) is 0 Å². The van der Waals surface area contributed by atoms with Gasteiger partial charge in [0.05, 0.1) is 24.8 Å². The van der Waals surface area contributed by atoms with E-state index in [-0.39, 0.29) is 18.2 Å². The van der Waals surface area contributed by atoms with E-state index in [4.69, 9.17) is 16.3 Å². The van der Waals surface area contributed by atoms with Gasteiger partial charge in [-0.1, -0.05) is 41.9 Å². The van der Waals surface area contributed by atoms with Crippen LogP contribution in [0.4, 0.5) is 5.69 Å². The molecule has 0 aliphatic carbocycles. The number of hydrogen-bond acceptors (Lipinski definition) is 3. The molecule has 5 nitrogen and oxygen atoms in total. The second-order valence-corrected chi connectivity index (χ2v) is 6.60. The summed E-state index contributed by atoms with van der Waals surface area (Å²) >= 11 is 6.28. The van der Waals surface area contributed by atoms with Crippen molar-refractivity contribution in [2.75, 3.05) is 18.1 Å². The van der Waals surface area contributed by atoms with Crippen LogP contribution in [-0.2, 0) is 9.59 Å². The standard InChI is InChI=1S/C20H21ClN2O3/c1-14(24)22-17(15-7-2-3-8-16(15)21)13-20(25)23-11-6-12-26-19-10-5-4-9-18(19)23/h2-5,7-10,17H,6,11-13H2,1H3,(H,22,24)/t17-/m0/s1. The SMILES string of the molecule is CC(=O)N[C@@H](CC(=O)N1CCCOc2ccccc21)c1ccccc1Cl. The van der Waals surface area contributed by atoms with Crippen molar-refractivity contribution in [1.29, 1.82) is 0 Å². The predicted molar refractivity (Wildman–Crippen MR) is 102 cm³/mol. The van der Waals surface area contributed by atoms with Crippen LogP contribution < -0.4 is 15.0 Å². The first-order chi connectivity index (χ1) is 12.6. The lowest BCUT2D eigenvalue weighted by Gasteiger charge is -2.25. The first kappa shape index (κ1) is 18.3. The molecular formula is C20H21ClN2O3. The summed E-state index contributed by atoms with van der Waals surface area (Å²) < 4.78 is 5.72. The molecule has 0 aromatic heterocycles. The molecule has 0 saturated heterocycles. The topological polar surface area (TPSA) is 58.6 Å². The van der Waals surface area contributed by atoms with E-state index in [0.717, 1.165) is 17.7 Å². The molecule has 0 fully saturated rings. The number of nitrogens with zero attached hydrogens (tertiary/aromatic N) is 1. The van der Waals surface area contributed by atoms with Crippen molar-refractivity contribution >= 4 is 29.1 Å². The van der Waals surface area contributed by atoms with Gasteiger partial charge < -0.3 is 15.0 Å². The molecule has 0 saturated carbocycles. The van der Waals surface area contributed by atoms with Crippen molar-refractivity contribution in [3.63, 3.8) is 0 Å². The fraction of sp³-hybridized carbons (Fsp3) is 0.300. The molecule has 2 aromatic rings. The lowest BCUT2D eigenvalue weighted by Crippen LogP contribution is -2.36. The Hall–Kier alpha value is -2.53. The van der Waals surface area contributed by atoms with E-state index in [1.807, 2.05) is 42.5 Å². The zero-order valence-electron chi connectivity index (χ0n) is 14.6. The highest BCUT2D eigenvalue weighted by atomic mass is 35.5. The molecule has 26 heavy (non-hydrogen) atoms. The van der Waals surface area contributed by atoms with Gasteiger partial charge in [-0.15, -0.1) is 0 Å². The van der Waals surface area contributed by atoms with E-state index in [9.17, 15) is 9.59 Å². The minimum absolute atomic E-state index is 0.0818. The van der Waals surface area contributed by atoms with Crippen molar-refractivity contribution in [3.05, 3.63) is 59.1 Å². The van der Waals surface area contributed by atoms with Gasteiger partial charge in [0.25, 0.3) is 0 Å². The van der Waals surface area contributed by atoms with Crippen molar-refractivity contribution in [3.8, 4) is 5.75 Å². The molecule has 2 aromatic carbocycles. The van der Waals surface area contributed by atoms with Crippen LogP contribution in [0.3, 0.4) is 0 Å². The minimum atomic E-state index is -0.481. The van der Waals surface area contributed by atoms with Gasteiger partial charge in [0.1, 0.15) is 5.75 Å². The van der Waals surface area contributed by atoms with Crippen LogP contribution in [0.25, 0.3) is 0 Å². The lowest BCUT2D eigenvalue weighted by atomic mass is 10.0. The third-order valence-corrected chi connectivity index (χ3v) is 4.62. The Labute approximate surface area is 157 Å². The number of ether oxygens (including phenoxy) is 1. The highest BCUT2D eigenvalue weighted by molar-refractivity contribution is 6.31. The molecule has 3 rings (SSSR count). The van der Waals surface area contributed by atoms with Gasteiger partial charge >= 0.3 is 0 Å². The summed E-state index contributed by atoms with van der Waals surface area (Å²) in [6.07, 6.45) is 0.870. The normalized spacial score (nSPS) is 14.6. The Morgan fingerprint density at radius 1 is 1.19 bits per heavy atom. The van der Waals surface area contributed by atoms with Crippen molar-refractivity contribution in [2.45, 2.75) is 25.8 Å². The maximum absolute atomic E-state index is 13.1. The average Bonchev–Trinajstić information content (AvgIpc) is 2.83. The molecule has 0 radical (unpaired) electrons. The largest absolute Gasteiger partial charge is 0.491 e. The first-order valence-corrected chi connectivity index (χ1v) is 8.98. The lowest BCUT2D eigenvalue weighted by molar-refractivity contribution is -0.121. The van der Waals surface area contributed by atoms with Crippen LogP contribution in [0.15, 0.2) is 48.5 Å².